The molecule has 0 amide bonds. The zero-order chi connectivity index (χ0) is 25.9. The maximum Gasteiger partial charge on any atom is 0.573 e. The summed E-state index contributed by atoms with van der Waals surface area (Å²) in [6, 6.07) is 16.7. The Morgan fingerprint density at radius 2 is 1.58 bits per heavy atom. The molecule has 36 heavy (non-hydrogen) atoms. The van der Waals surface area contributed by atoms with Crippen molar-refractivity contribution in [3.63, 3.8) is 0 Å². The number of carboxylic acid groups (broad SMARTS) is 1. The molecule has 10 heteroatoms. The van der Waals surface area contributed by atoms with E-state index in [9.17, 15) is 23.1 Å². The Hall–Kier alpha value is -4.34. The molecule has 186 valence electrons. The normalized spacial score (nSPS) is 11.8. The third kappa shape index (κ3) is 5.83. The Morgan fingerprint density at radius 1 is 0.917 bits per heavy atom. The summed E-state index contributed by atoms with van der Waals surface area (Å²) < 4.78 is 47.8. The standard InChI is InChI=1S/C26H22F3N3O4/c1-25(2,24(33)34)15-35-22-12-11-18(13-30-22)16-7-9-17(10-8-16)23-31-14-20(32-23)19-5-3-4-6-21(19)36-26(27,28)29/h3-14H,15H2,1-2H3,(H,31,32)(H,33,34). The molecule has 0 aliphatic rings. The highest BCUT2D eigenvalue weighted by atomic mass is 19.4. The SMILES string of the molecule is CC(C)(COc1ccc(-c2ccc(-c3ncc(-c4ccccc4OC(F)(F)F)[nH]3)cc2)cn1)C(=O)O. The van der Waals surface area contributed by atoms with Gasteiger partial charge in [-0.05, 0) is 37.6 Å². The number of nitrogens with zero attached hydrogens (tertiary/aromatic N) is 2. The van der Waals surface area contributed by atoms with Crippen LogP contribution >= 0.6 is 0 Å². The van der Waals surface area contributed by atoms with Crippen molar-refractivity contribution in [3.8, 4) is 45.4 Å². The number of halogens is 3. The number of alkyl halides is 3. The Bertz CT molecular complexity index is 1350. The number of aromatic nitrogens is 3. The van der Waals surface area contributed by atoms with Crippen LogP contribution in [0.3, 0.4) is 0 Å². The zero-order valence-corrected chi connectivity index (χ0v) is 19.3. The number of aromatic amines is 1. The molecule has 2 aromatic heterocycles. The fraction of sp³-hybridized carbons (Fsp3) is 0.192. The van der Waals surface area contributed by atoms with Gasteiger partial charge in [-0.2, -0.15) is 0 Å². The molecule has 0 saturated heterocycles. The number of hydrogen-bond acceptors (Lipinski definition) is 5. The average molecular weight is 497 g/mol. The number of benzene rings is 2. The number of carboxylic acids is 1. The first-order chi connectivity index (χ1) is 17.0. The van der Waals surface area contributed by atoms with Gasteiger partial charge in [0.1, 0.15) is 18.2 Å². The summed E-state index contributed by atoms with van der Waals surface area (Å²) in [7, 11) is 0. The number of carbonyl (C=O) groups is 1. The van der Waals surface area contributed by atoms with Gasteiger partial charge in [0.05, 0.1) is 17.3 Å². The highest BCUT2D eigenvalue weighted by Gasteiger charge is 2.32. The van der Waals surface area contributed by atoms with E-state index in [1.54, 1.807) is 32.2 Å². The van der Waals surface area contributed by atoms with Crippen LogP contribution in [0, 0.1) is 5.41 Å². The van der Waals surface area contributed by atoms with Gasteiger partial charge in [0.25, 0.3) is 0 Å². The summed E-state index contributed by atoms with van der Waals surface area (Å²) in [5, 5.41) is 9.18. The van der Waals surface area contributed by atoms with Crippen LogP contribution in [-0.2, 0) is 4.79 Å². The van der Waals surface area contributed by atoms with Gasteiger partial charge in [-0.1, -0.05) is 36.4 Å². The van der Waals surface area contributed by atoms with Crippen molar-refractivity contribution in [2.45, 2.75) is 20.2 Å². The summed E-state index contributed by atoms with van der Waals surface area (Å²) in [5.41, 5.74) is 2.03. The van der Waals surface area contributed by atoms with Crippen molar-refractivity contribution < 1.29 is 32.5 Å². The number of imidazole rings is 1. The molecular formula is C26H22F3N3O4. The van der Waals surface area contributed by atoms with Crippen molar-refractivity contribution in [3.05, 3.63) is 73.1 Å². The second-order valence-corrected chi connectivity index (χ2v) is 8.63. The van der Waals surface area contributed by atoms with Gasteiger partial charge in [0.2, 0.25) is 5.88 Å². The second-order valence-electron chi connectivity index (χ2n) is 8.63. The van der Waals surface area contributed by atoms with Gasteiger partial charge < -0.3 is 19.6 Å². The van der Waals surface area contributed by atoms with Crippen molar-refractivity contribution in [1.29, 1.82) is 0 Å². The van der Waals surface area contributed by atoms with Crippen LogP contribution in [0.1, 0.15) is 13.8 Å². The van der Waals surface area contributed by atoms with Gasteiger partial charge in [-0.25, -0.2) is 9.97 Å². The van der Waals surface area contributed by atoms with Crippen molar-refractivity contribution in [1.82, 2.24) is 15.0 Å². The maximum atomic E-state index is 12.7. The lowest BCUT2D eigenvalue weighted by Gasteiger charge is -2.18. The van der Waals surface area contributed by atoms with Crippen LogP contribution < -0.4 is 9.47 Å². The van der Waals surface area contributed by atoms with Crippen molar-refractivity contribution in [2.75, 3.05) is 6.61 Å². The largest absolute Gasteiger partial charge is 0.573 e. The number of pyridine rings is 1. The van der Waals surface area contributed by atoms with Gasteiger partial charge in [-0.3, -0.25) is 4.79 Å². The van der Waals surface area contributed by atoms with E-state index in [-0.39, 0.29) is 17.9 Å². The lowest BCUT2D eigenvalue weighted by atomic mass is 9.95. The molecule has 0 saturated carbocycles. The second kappa shape index (κ2) is 9.73. The van der Waals surface area contributed by atoms with E-state index >= 15 is 0 Å². The molecule has 0 unspecified atom stereocenters. The summed E-state index contributed by atoms with van der Waals surface area (Å²) in [5.74, 6) is -0.465. The molecule has 0 fully saturated rings. The van der Waals surface area contributed by atoms with Crippen LogP contribution in [-0.4, -0.2) is 39.0 Å². The summed E-state index contributed by atoms with van der Waals surface area (Å²) in [6.07, 6.45) is -1.72. The highest BCUT2D eigenvalue weighted by Crippen LogP contribution is 2.34. The van der Waals surface area contributed by atoms with E-state index in [1.165, 1.54) is 24.4 Å². The fourth-order valence-corrected chi connectivity index (χ4v) is 3.28. The van der Waals surface area contributed by atoms with E-state index in [1.807, 2.05) is 30.3 Å². The number of aliphatic carboxylic acids is 1. The van der Waals surface area contributed by atoms with Gasteiger partial charge in [0.15, 0.2) is 0 Å². The summed E-state index contributed by atoms with van der Waals surface area (Å²) in [6.45, 7) is 3.13. The van der Waals surface area contributed by atoms with E-state index in [0.29, 0.717) is 17.4 Å². The molecule has 4 rings (SSSR count). The lowest BCUT2D eigenvalue weighted by molar-refractivity contribution is -0.274. The van der Waals surface area contributed by atoms with Gasteiger partial charge in [-0.15, -0.1) is 13.2 Å². The maximum absolute atomic E-state index is 12.7. The van der Waals surface area contributed by atoms with E-state index in [2.05, 4.69) is 19.7 Å². The van der Waals surface area contributed by atoms with Gasteiger partial charge in [0, 0.05) is 29.0 Å². The molecule has 0 spiro atoms. The summed E-state index contributed by atoms with van der Waals surface area (Å²) >= 11 is 0. The molecular weight excluding hydrogens is 475 g/mol. The number of para-hydroxylation sites is 1. The molecule has 4 aromatic rings. The number of hydrogen-bond donors (Lipinski definition) is 2. The zero-order valence-electron chi connectivity index (χ0n) is 19.3. The fourth-order valence-electron chi connectivity index (χ4n) is 3.28. The first-order valence-corrected chi connectivity index (χ1v) is 10.8. The Balaban J connectivity index is 1.47. The first-order valence-electron chi connectivity index (χ1n) is 10.8. The van der Waals surface area contributed by atoms with Crippen molar-refractivity contribution in [2.24, 2.45) is 5.41 Å². The van der Waals surface area contributed by atoms with Gasteiger partial charge >= 0.3 is 12.3 Å². The third-order valence-electron chi connectivity index (χ3n) is 5.37. The summed E-state index contributed by atoms with van der Waals surface area (Å²) in [4.78, 5) is 22.8. The topological polar surface area (TPSA) is 97.3 Å². The number of H-pyrrole nitrogens is 1. The Kier molecular flexibility index (Phi) is 6.69. The molecule has 2 aromatic carbocycles. The number of ether oxygens (including phenoxy) is 2. The molecule has 0 aliphatic heterocycles. The third-order valence-corrected chi connectivity index (χ3v) is 5.37. The minimum Gasteiger partial charge on any atom is -0.481 e. The highest BCUT2D eigenvalue weighted by molar-refractivity contribution is 5.74. The molecule has 0 bridgehead atoms. The van der Waals surface area contributed by atoms with Crippen LogP contribution in [0.25, 0.3) is 33.8 Å². The van der Waals surface area contributed by atoms with Crippen LogP contribution in [0.5, 0.6) is 11.6 Å². The Morgan fingerprint density at radius 3 is 2.22 bits per heavy atom. The minimum absolute atomic E-state index is 0.0126. The molecule has 2 heterocycles. The van der Waals surface area contributed by atoms with Crippen LogP contribution in [0.4, 0.5) is 13.2 Å². The predicted octanol–water partition coefficient (Wildman–Crippen LogP) is 6.19. The molecule has 0 aliphatic carbocycles. The van der Waals surface area contributed by atoms with Crippen LogP contribution in [0.15, 0.2) is 73.1 Å². The number of nitrogens with one attached hydrogen (secondary N) is 1. The van der Waals surface area contributed by atoms with E-state index in [4.69, 9.17) is 4.74 Å². The monoisotopic (exact) mass is 497 g/mol. The number of rotatable bonds is 8. The molecule has 0 atom stereocenters. The average Bonchev–Trinajstić information content (AvgIpc) is 3.33. The minimum atomic E-state index is -4.80. The molecule has 0 radical (unpaired) electrons. The van der Waals surface area contributed by atoms with Crippen LogP contribution in [0.2, 0.25) is 0 Å². The lowest BCUT2D eigenvalue weighted by Crippen LogP contribution is -2.30. The molecule has 7 nitrogen and oxygen atoms in total. The first kappa shape index (κ1) is 24.8. The van der Waals surface area contributed by atoms with E-state index < -0.39 is 17.7 Å². The van der Waals surface area contributed by atoms with E-state index in [0.717, 1.165) is 16.7 Å². The van der Waals surface area contributed by atoms with Crippen molar-refractivity contribution >= 4 is 5.97 Å². The predicted molar refractivity (Wildman–Crippen MR) is 126 cm³/mol. The quantitative estimate of drug-likeness (QED) is 0.301. The molecule has 2 N–H and O–H groups in total. The Labute approximate surface area is 204 Å². The smallest absolute Gasteiger partial charge is 0.481 e.